The van der Waals surface area contributed by atoms with Gasteiger partial charge in [-0.3, -0.25) is 19.6 Å². The summed E-state index contributed by atoms with van der Waals surface area (Å²) < 4.78 is 4.89. The molecule has 3 aromatic carbocycles. The first-order valence-corrected chi connectivity index (χ1v) is 9.68. The molecule has 2 heterocycles. The fourth-order valence-corrected chi connectivity index (χ4v) is 3.81. The molecule has 0 fully saturated rings. The van der Waals surface area contributed by atoms with Gasteiger partial charge in [-0.15, -0.1) is 0 Å². The van der Waals surface area contributed by atoms with Crippen molar-refractivity contribution in [3.8, 4) is 11.4 Å². The van der Waals surface area contributed by atoms with Crippen molar-refractivity contribution in [2.24, 2.45) is 0 Å². The molecule has 148 valence electrons. The van der Waals surface area contributed by atoms with Crippen LogP contribution < -0.4 is 44.8 Å². The van der Waals surface area contributed by atoms with E-state index in [1.54, 1.807) is 29.2 Å². The minimum Gasteiger partial charge on any atom is -0.447 e. The maximum absolute atomic E-state index is 13.0. The summed E-state index contributed by atoms with van der Waals surface area (Å²) in [4.78, 5) is 31.1. The Morgan fingerprint density at radius 2 is 1.97 bits per heavy atom. The van der Waals surface area contributed by atoms with Gasteiger partial charge in [0.1, 0.15) is 6.42 Å². The molecule has 1 aliphatic heterocycles. The maximum Gasteiger partial charge on any atom is 1.00 e. The number of carbonyl (C=O) groups is 2. The first-order valence-electron chi connectivity index (χ1n) is 9.27. The van der Waals surface area contributed by atoms with Gasteiger partial charge in [0.2, 0.25) is 11.8 Å². The molecule has 0 saturated carbocycles. The third kappa shape index (κ3) is 3.95. The van der Waals surface area contributed by atoms with E-state index in [-0.39, 0.29) is 52.6 Å². The Morgan fingerprint density at radius 1 is 1.13 bits per heavy atom. The molecule has 4 aromatic rings. The number of anilines is 3. The summed E-state index contributed by atoms with van der Waals surface area (Å²) in [7, 11) is 0. The molecule has 2 amide bonds. The number of aromatic nitrogens is 2. The van der Waals surface area contributed by atoms with Gasteiger partial charge >= 0.3 is 29.6 Å². The van der Waals surface area contributed by atoms with Crippen LogP contribution in [0.25, 0.3) is 22.2 Å². The van der Waals surface area contributed by atoms with Crippen LogP contribution in [0.4, 0.5) is 17.1 Å². The Balaban J connectivity index is 0.00000231. The first kappa shape index (κ1) is 21.5. The van der Waals surface area contributed by atoms with E-state index in [1.807, 2.05) is 37.3 Å². The first-order chi connectivity index (χ1) is 14.5. The summed E-state index contributed by atoms with van der Waals surface area (Å²) in [6.07, 6.45) is -0.259. The van der Waals surface area contributed by atoms with Gasteiger partial charge in [-0.25, -0.2) is 0 Å². The van der Waals surface area contributed by atoms with Crippen molar-refractivity contribution in [1.29, 1.82) is 0 Å². The largest absolute Gasteiger partial charge is 1.00 e. The van der Waals surface area contributed by atoms with Crippen molar-refractivity contribution < 1.29 is 43.7 Å². The molecule has 5 rings (SSSR count). The molecule has 1 aliphatic rings. The van der Waals surface area contributed by atoms with Crippen LogP contribution in [0, 0.1) is 11.8 Å². The molecule has 9 heteroatoms. The number of nitrogens with one attached hydrogen (secondary N) is 1. The molecule has 0 unspecified atom stereocenters. The quantitative estimate of drug-likeness (QED) is 0.290. The standard InChI is InChI=1S/C22H16N4O3S.Na/c1-12-5-7-16-13(9-12)6-8-17-20(16)23-18(27)11-19(28)26(17)15-4-2-3-14(10-15)21-24-22(30)29-25-21;/h2-10H,11H2,1H3,(H2,23,24,25,27,30);/q;+1/p-1. The van der Waals surface area contributed by atoms with Crippen molar-refractivity contribution in [3.63, 3.8) is 0 Å². The van der Waals surface area contributed by atoms with E-state index in [2.05, 4.69) is 15.5 Å². The molecular formula is C22H15N4NaO3S. The minimum atomic E-state index is -0.345. The van der Waals surface area contributed by atoms with Gasteiger partial charge in [0, 0.05) is 11.1 Å². The average Bonchev–Trinajstić information content (AvgIpc) is 3.10. The monoisotopic (exact) mass is 438 g/mol. The fraction of sp³-hybridized carbons (Fsp3) is 0.0909. The maximum atomic E-state index is 13.0. The Bertz CT molecular complexity index is 1400. The SMILES string of the molecule is Cc1ccc2c3c(ccc2c1)N(c1cccc(-c2noc(=S)[n-]2)c1)C(=O)CC(=O)N3.[Na+]. The predicted molar refractivity (Wildman–Crippen MR) is 115 cm³/mol. The summed E-state index contributed by atoms with van der Waals surface area (Å²) in [5.74, 6) is -0.332. The van der Waals surface area contributed by atoms with Crippen molar-refractivity contribution in [2.75, 3.05) is 10.2 Å². The zero-order valence-corrected chi connectivity index (χ0v) is 19.7. The number of aryl methyl sites for hydroxylation is 1. The Morgan fingerprint density at radius 3 is 2.74 bits per heavy atom. The number of hydrogen-bond donors (Lipinski definition) is 1. The van der Waals surface area contributed by atoms with Gasteiger partial charge in [-0.2, -0.15) is 0 Å². The number of nitrogens with zero attached hydrogens (tertiary/aromatic N) is 3. The molecule has 1 aromatic heterocycles. The Labute approximate surface area is 204 Å². The van der Waals surface area contributed by atoms with Crippen LogP contribution in [0.3, 0.4) is 0 Å². The van der Waals surface area contributed by atoms with Crippen molar-refractivity contribution in [2.45, 2.75) is 13.3 Å². The summed E-state index contributed by atoms with van der Waals surface area (Å²) in [6, 6.07) is 17.0. The Kier molecular flexibility index (Phi) is 5.81. The molecule has 0 bridgehead atoms. The van der Waals surface area contributed by atoms with Crippen LogP contribution in [0.15, 0.2) is 59.1 Å². The molecule has 1 N–H and O–H groups in total. The number of fused-ring (bicyclic) bond motifs is 3. The van der Waals surface area contributed by atoms with E-state index in [4.69, 9.17) is 16.7 Å². The summed E-state index contributed by atoms with van der Waals surface area (Å²) in [6.45, 7) is 2.01. The normalized spacial score (nSPS) is 13.4. The number of benzene rings is 3. The van der Waals surface area contributed by atoms with Crippen molar-refractivity contribution in [3.05, 3.63) is 65.0 Å². The van der Waals surface area contributed by atoms with Gasteiger partial charge in [-0.05, 0) is 54.1 Å². The van der Waals surface area contributed by atoms with E-state index < -0.39 is 0 Å². The third-order valence-electron chi connectivity index (χ3n) is 4.99. The van der Waals surface area contributed by atoms with Crippen LogP contribution in [0.1, 0.15) is 12.0 Å². The fourth-order valence-electron chi connectivity index (χ4n) is 3.68. The molecule has 0 spiro atoms. The molecule has 0 aliphatic carbocycles. The van der Waals surface area contributed by atoms with Gasteiger partial charge in [0.05, 0.1) is 11.4 Å². The van der Waals surface area contributed by atoms with Crippen molar-refractivity contribution in [1.82, 2.24) is 10.1 Å². The molecule has 0 radical (unpaired) electrons. The number of amides is 2. The predicted octanol–water partition coefficient (Wildman–Crippen LogP) is 1.50. The van der Waals surface area contributed by atoms with Crippen LogP contribution in [-0.2, 0) is 9.59 Å². The zero-order chi connectivity index (χ0) is 20.8. The van der Waals surface area contributed by atoms with Gasteiger partial charge in [-0.1, -0.05) is 42.0 Å². The van der Waals surface area contributed by atoms with Gasteiger partial charge in [0.15, 0.2) is 4.84 Å². The smallest absolute Gasteiger partial charge is 0.447 e. The Hall–Kier alpha value is -2.78. The molecule has 7 nitrogen and oxygen atoms in total. The van der Waals surface area contributed by atoms with Gasteiger partial charge in [0.25, 0.3) is 0 Å². The van der Waals surface area contributed by atoms with Crippen LogP contribution in [-0.4, -0.2) is 17.0 Å². The average molecular weight is 438 g/mol. The van der Waals surface area contributed by atoms with Crippen LogP contribution in [0.5, 0.6) is 0 Å². The molecule has 0 saturated heterocycles. The molecule has 0 atom stereocenters. The summed E-state index contributed by atoms with van der Waals surface area (Å²) in [5, 5.41) is 8.62. The van der Waals surface area contributed by atoms with Crippen LogP contribution in [0.2, 0.25) is 0 Å². The topological polar surface area (TPSA) is 89.5 Å². The van der Waals surface area contributed by atoms with Gasteiger partial charge < -0.3 is 14.8 Å². The van der Waals surface area contributed by atoms with Crippen LogP contribution >= 0.6 is 12.2 Å². The van der Waals surface area contributed by atoms with Crippen molar-refractivity contribution >= 4 is 51.9 Å². The van der Waals surface area contributed by atoms with E-state index in [1.165, 1.54) is 0 Å². The summed E-state index contributed by atoms with van der Waals surface area (Å²) in [5.41, 5.74) is 3.58. The number of hydrogen-bond acceptors (Lipinski definition) is 5. The molecule has 31 heavy (non-hydrogen) atoms. The second-order valence-corrected chi connectivity index (χ2v) is 7.42. The minimum absolute atomic E-state index is 0. The number of rotatable bonds is 2. The van der Waals surface area contributed by atoms with E-state index in [0.29, 0.717) is 28.5 Å². The number of carbonyl (C=O) groups excluding carboxylic acids is 2. The van der Waals surface area contributed by atoms with E-state index in [0.717, 1.165) is 16.3 Å². The molecular weight excluding hydrogens is 423 g/mol. The van der Waals surface area contributed by atoms with E-state index in [9.17, 15) is 9.59 Å². The zero-order valence-electron chi connectivity index (χ0n) is 16.9. The second kappa shape index (κ2) is 8.39. The van der Waals surface area contributed by atoms with E-state index >= 15 is 0 Å². The summed E-state index contributed by atoms with van der Waals surface area (Å²) >= 11 is 4.90. The second-order valence-electron chi connectivity index (χ2n) is 7.07. The third-order valence-corrected chi connectivity index (χ3v) is 5.16.